The SMILES string of the molecule is CCOC(=O)[C@H](CCNCCCO)C[C@@H](Cc1ccc(-c2cc(Cl)ccc2F)cc1)NC(=O)c1cn[nH]n1. The molecule has 0 saturated carbocycles. The van der Waals surface area contributed by atoms with E-state index in [-0.39, 0.29) is 30.7 Å². The van der Waals surface area contributed by atoms with Crippen LogP contribution in [0.25, 0.3) is 11.1 Å². The molecule has 4 N–H and O–H groups in total. The highest BCUT2D eigenvalue weighted by molar-refractivity contribution is 6.30. The summed E-state index contributed by atoms with van der Waals surface area (Å²) in [5.41, 5.74) is 2.11. The number of rotatable bonds is 15. The molecule has 1 heterocycles. The first kappa shape index (κ1) is 29.2. The van der Waals surface area contributed by atoms with Crippen molar-refractivity contribution in [2.75, 3.05) is 26.3 Å². The molecule has 2 aromatic carbocycles. The Morgan fingerprint density at radius 3 is 2.66 bits per heavy atom. The fraction of sp³-hybridized carbons (Fsp3) is 0.407. The lowest BCUT2D eigenvalue weighted by atomic mass is 9.91. The average Bonchev–Trinajstić information content (AvgIpc) is 3.45. The highest BCUT2D eigenvalue weighted by Crippen LogP contribution is 2.27. The number of aliphatic hydroxyl groups excluding tert-OH is 1. The molecule has 0 saturated heterocycles. The number of hydrogen-bond donors (Lipinski definition) is 4. The van der Waals surface area contributed by atoms with Gasteiger partial charge in [-0.25, -0.2) is 4.39 Å². The molecule has 3 rings (SSSR count). The molecule has 204 valence electrons. The summed E-state index contributed by atoms with van der Waals surface area (Å²) in [5, 5.41) is 25.5. The molecule has 2 atom stereocenters. The van der Waals surface area contributed by atoms with Gasteiger partial charge in [0.15, 0.2) is 5.69 Å². The number of nitrogens with zero attached hydrogens (tertiary/aromatic N) is 2. The van der Waals surface area contributed by atoms with Gasteiger partial charge in [-0.05, 0) is 75.0 Å². The van der Waals surface area contributed by atoms with Crippen LogP contribution in [0.2, 0.25) is 5.02 Å². The zero-order valence-electron chi connectivity index (χ0n) is 21.3. The second-order valence-corrected chi connectivity index (χ2v) is 9.29. The van der Waals surface area contributed by atoms with Gasteiger partial charge in [-0.1, -0.05) is 35.9 Å². The Hall–Kier alpha value is -3.34. The number of carbonyl (C=O) groups is 2. The molecule has 1 amide bonds. The van der Waals surface area contributed by atoms with Crippen molar-refractivity contribution < 1.29 is 23.8 Å². The third-order valence-electron chi connectivity index (χ3n) is 6.03. The van der Waals surface area contributed by atoms with E-state index in [1.807, 2.05) is 12.1 Å². The van der Waals surface area contributed by atoms with Crippen LogP contribution >= 0.6 is 11.6 Å². The second-order valence-electron chi connectivity index (χ2n) is 8.85. The zero-order valence-corrected chi connectivity index (χ0v) is 22.0. The van der Waals surface area contributed by atoms with E-state index in [9.17, 15) is 14.0 Å². The Balaban J connectivity index is 1.77. The molecule has 3 aromatic rings. The predicted molar refractivity (Wildman–Crippen MR) is 142 cm³/mol. The molecule has 0 fully saturated rings. The van der Waals surface area contributed by atoms with Gasteiger partial charge in [0.1, 0.15) is 5.82 Å². The van der Waals surface area contributed by atoms with Crippen molar-refractivity contribution in [3.8, 4) is 11.1 Å². The Bertz CT molecular complexity index is 1160. The molecule has 0 aliphatic carbocycles. The highest BCUT2D eigenvalue weighted by atomic mass is 35.5. The van der Waals surface area contributed by atoms with Crippen molar-refractivity contribution in [2.45, 2.75) is 38.6 Å². The first-order valence-electron chi connectivity index (χ1n) is 12.6. The predicted octanol–water partition coefficient (Wildman–Crippen LogP) is 3.54. The van der Waals surface area contributed by atoms with Crippen molar-refractivity contribution in [1.29, 1.82) is 0 Å². The molecule has 0 aliphatic rings. The zero-order chi connectivity index (χ0) is 27.3. The first-order chi connectivity index (χ1) is 18.4. The molecule has 0 radical (unpaired) electrons. The number of benzene rings is 2. The van der Waals surface area contributed by atoms with Crippen LogP contribution < -0.4 is 10.6 Å². The number of aromatic amines is 1. The number of ether oxygens (including phenoxy) is 1. The fourth-order valence-corrected chi connectivity index (χ4v) is 4.30. The number of aliphatic hydroxyl groups is 1. The molecule has 0 bridgehead atoms. The van der Waals surface area contributed by atoms with E-state index >= 15 is 0 Å². The fourth-order valence-electron chi connectivity index (χ4n) is 4.13. The summed E-state index contributed by atoms with van der Waals surface area (Å²) in [7, 11) is 0. The van der Waals surface area contributed by atoms with Gasteiger partial charge in [0.2, 0.25) is 0 Å². The minimum atomic E-state index is -0.459. The van der Waals surface area contributed by atoms with Crippen LogP contribution in [0.1, 0.15) is 42.2 Å². The van der Waals surface area contributed by atoms with Crippen molar-refractivity contribution in [3.63, 3.8) is 0 Å². The minimum absolute atomic E-state index is 0.0905. The van der Waals surface area contributed by atoms with Crippen molar-refractivity contribution in [2.24, 2.45) is 5.92 Å². The van der Waals surface area contributed by atoms with Gasteiger partial charge in [0.05, 0.1) is 18.7 Å². The quantitative estimate of drug-likeness (QED) is 0.170. The maximum absolute atomic E-state index is 14.3. The number of carbonyl (C=O) groups excluding carboxylic acids is 2. The molecular weight excluding hydrogens is 513 g/mol. The number of esters is 1. The lowest BCUT2D eigenvalue weighted by Gasteiger charge is -2.24. The molecule has 11 heteroatoms. The van der Waals surface area contributed by atoms with Crippen molar-refractivity contribution in [3.05, 3.63) is 70.8 Å². The lowest BCUT2D eigenvalue weighted by molar-refractivity contribution is -0.148. The minimum Gasteiger partial charge on any atom is -0.466 e. The van der Waals surface area contributed by atoms with Crippen LogP contribution in [0.4, 0.5) is 4.39 Å². The van der Waals surface area contributed by atoms with E-state index in [2.05, 4.69) is 26.0 Å². The molecule has 0 unspecified atom stereocenters. The third-order valence-corrected chi connectivity index (χ3v) is 6.26. The Morgan fingerprint density at radius 1 is 1.18 bits per heavy atom. The van der Waals surface area contributed by atoms with Crippen LogP contribution in [0, 0.1) is 11.7 Å². The van der Waals surface area contributed by atoms with Crippen LogP contribution in [-0.2, 0) is 16.0 Å². The topological polar surface area (TPSA) is 129 Å². The lowest BCUT2D eigenvalue weighted by Crippen LogP contribution is -2.40. The summed E-state index contributed by atoms with van der Waals surface area (Å²) in [6.07, 6.45) is 3.22. The van der Waals surface area contributed by atoms with Crippen molar-refractivity contribution in [1.82, 2.24) is 26.0 Å². The summed E-state index contributed by atoms with van der Waals surface area (Å²) < 4.78 is 19.6. The molecule has 38 heavy (non-hydrogen) atoms. The number of aromatic nitrogens is 3. The summed E-state index contributed by atoms with van der Waals surface area (Å²) in [6, 6.07) is 11.3. The molecule has 1 aromatic heterocycles. The molecule has 9 nitrogen and oxygen atoms in total. The Labute approximate surface area is 226 Å². The smallest absolute Gasteiger partial charge is 0.309 e. The average molecular weight is 546 g/mol. The maximum atomic E-state index is 14.3. The maximum Gasteiger partial charge on any atom is 0.309 e. The van der Waals surface area contributed by atoms with Gasteiger partial charge < -0.3 is 20.5 Å². The van der Waals surface area contributed by atoms with Gasteiger partial charge in [0, 0.05) is 23.2 Å². The van der Waals surface area contributed by atoms with Crippen LogP contribution in [0.3, 0.4) is 0 Å². The molecule has 0 aliphatic heterocycles. The van der Waals surface area contributed by atoms with Crippen LogP contribution in [0.5, 0.6) is 0 Å². The van der Waals surface area contributed by atoms with Gasteiger partial charge in [-0.3, -0.25) is 9.59 Å². The van der Waals surface area contributed by atoms with Gasteiger partial charge >= 0.3 is 5.97 Å². The summed E-state index contributed by atoms with van der Waals surface area (Å²) in [6.45, 7) is 3.30. The highest BCUT2D eigenvalue weighted by Gasteiger charge is 2.26. The third kappa shape index (κ3) is 8.90. The second kappa shape index (κ2) is 15.2. The normalized spacial score (nSPS) is 12.6. The van der Waals surface area contributed by atoms with Gasteiger partial charge in [-0.15, -0.1) is 0 Å². The van der Waals surface area contributed by atoms with Crippen LogP contribution in [0.15, 0.2) is 48.7 Å². The summed E-state index contributed by atoms with van der Waals surface area (Å²) in [5.74, 6) is -1.57. The number of halogens is 2. The van der Waals surface area contributed by atoms with Crippen molar-refractivity contribution >= 4 is 23.5 Å². The Kier molecular flexibility index (Phi) is 11.7. The van der Waals surface area contributed by atoms with E-state index in [4.69, 9.17) is 21.4 Å². The standard InChI is InChI=1S/C27H33ClFN5O4/c1-2-38-27(37)20(10-12-30-11-3-13-35)15-22(32-26(36)25-17-31-34-33-25)14-18-4-6-19(7-5-18)23-16-21(28)8-9-24(23)29/h4-9,16-17,20,22,30,35H,2-3,10-15H2,1H3,(H,32,36)(H,31,33,34)/t20-,22-/m1/s1. The number of nitrogens with one attached hydrogen (secondary N) is 3. The van der Waals surface area contributed by atoms with Gasteiger partial charge in [0.25, 0.3) is 5.91 Å². The first-order valence-corrected chi connectivity index (χ1v) is 13.0. The summed E-state index contributed by atoms with van der Waals surface area (Å²) >= 11 is 6.04. The van der Waals surface area contributed by atoms with Crippen LogP contribution in [-0.4, -0.2) is 64.7 Å². The molecule has 0 spiro atoms. The number of hydrogen-bond acceptors (Lipinski definition) is 7. The van der Waals surface area contributed by atoms with E-state index in [1.165, 1.54) is 18.3 Å². The van der Waals surface area contributed by atoms with E-state index in [1.54, 1.807) is 25.1 Å². The number of amides is 1. The van der Waals surface area contributed by atoms with E-state index in [0.29, 0.717) is 54.9 Å². The van der Waals surface area contributed by atoms with E-state index < -0.39 is 17.9 Å². The van der Waals surface area contributed by atoms with E-state index in [0.717, 1.165) is 5.56 Å². The number of H-pyrrole nitrogens is 1. The largest absolute Gasteiger partial charge is 0.466 e. The summed E-state index contributed by atoms with van der Waals surface area (Å²) in [4.78, 5) is 25.5. The monoisotopic (exact) mass is 545 g/mol. The Morgan fingerprint density at radius 2 is 1.97 bits per heavy atom. The molecular formula is C27H33ClFN5O4. The van der Waals surface area contributed by atoms with Gasteiger partial charge in [-0.2, -0.15) is 15.4 Å².